The number of nitrogens with one attached hydrogen (secondary N) is 1. The van der Waals surface area contributed by atoms with Gasteiger partial charge in [-0.3, -0.25) is 0 Å². The van der Waals surface area contributed by atoms with Crippen molar-refractivity contribution in [3.8, 4) is 5.69 Å². The number of nitrogens with zero attached hydrogens (tertiary/aromatic N) is 2. The number of hydrogen-bond acceptors (Lipinski definition) is 2. The first kappa shape index (κ1) is 11.8. The molecule has 0 saturated heterocycles. The molecule has 4 heteroatoms. The van der Waals surface area contributed by atoms with Crippen LogP contribution in [0.25, 0.3) is 5.69 Å². The highest BCUT2D eigenvalue weighted by Gasteiger charge is 2.02. The van der Waals surface area contributed by atoms with E-state index in [9.17, 15) is 4.39 Å². The van der Waals surface area contributed by atoms with Gasteiger partial charge >= 0.3 is 0 Å². The van der Waals surface area contributed by atoms with E-state index in [2.05, 4.69) is 17.3 Å². The van der Waals surface area contributed by atoms with Crippen molar-refractivity contribution in [3.63, 3.8) is 0 Å². The van der Waals surface area contributed by atoms with Crippen LogP contribution in [0.15, 0.2) is 36.7 Å². The standard InChI is InChI=1S/C13H16FN3/c1-2-4-15-10-11-7-12(14)9-13(8-11)17-6-3-5-16-17/h3,5-9,15H,2,4,10H2,1H3. The Morgan fingerprint density at radius 3 is 2.94 bits per heavy atom. The van der Waals surface area contributed by atoms with E-state index >= 15 is 0 Å². The first-order valence-corrected chi connectivity index (χ1v) is 5.80. The molecule has 1 aromatic heterocycles. The highest BCUT2D eigenvalue weighted by atomic mass is 19.1. The van der Waals surface area contributed by atoms with Gasteiger partial charge in [0.1, 0.15) is 5.82 Å². The summed E-state index contributed by atoms with van der Waals surface area (Å²) in [4.78, 5) is 0. The van der Waals surface area contributed by atoms with E-state index in [1.807, 2.05) is 12.1 Å². The van der Waals surface area contributed by atoms with Crippen LogP contribution < -0.4 is 5.32 Å². The lowest BCUT2D eigenvalue weighted by atomic mass is 10.2. The van der Waals surface area contributed by atoms with E-state index in [1.165, 1.54) is 6.07 Å². The monoisotopic (exact) mass is 233 g/mol. The third-order valence-corrected chi connectivity index (χ3v) is 2.47. The lowest BCUT2D eigenvalue weighted by molar-refractivity contribution is 0.616. The number of halogens is 1. The van der Waals surface area contributed by atoms with Gasteiger partial charge in [0.2, 0.25) is 0 Å². The molecule has 0 fully saturated rings. The number of benzene rings is 1. The minimum atomic E-state index is -0.230. The van der Waals surface area contributed by atoms with E-state index in [0.717, 1.165) is 24.2 Å². The van der Waals surface area contributed by atoms with Crippen molar-refractivity contribution in [2.24, 2.45) is 0 Å². The van der Waals surface area contributed by atoms with Gasteiger partial charge < -0.3 is 5.32 Å². The van der Waals surface area contributed by atoms with Crippen molar-refractivity contribution in [1.82, 2.24) is 15.1 Å². The summed E-state index contributed by atoms with van der Waals surface area (Å²) in [5.74, 6) is -0.230. The van der Waals surface area contributed by atoms with Crippen LogP contribution in [0.5, 0.6) is 0 Å². The molecule has 2 aromatic rings. The molecule has 0 aliphatic carbocycles. The summed E-state index contributed by atoms with van der Waals surface area (Å²) in [6.45, 7) is 3.72. The van der Waals surface area contributed by atoms with Crippen LogP contribution in [-0.2, 0) is 6.54 Å². The average Bonchev–Trinajstić information content (AvgIpc) is 2.82. The average molecular weight is 233 g/mol. The van der Waals surface area contributed by atoms with Gasteiger partial charge in [-0.25, -0.2) is 9.07 Å². The second-order valence-corrected chi connectivity index (χ2v) is 3.95. The quantitative estimate of drug-likeness (QED) is 0.804. The predicted molar refractivity (Wildman–Crippen MR) is 65.5 cm³/mol. The zero-order chi connectivity index (χ0) is 12.1. The molecular weight excluding hydrogens is 217 g/mol. The summed E-state index contributed by atoms with van der Waals surface area (Å²) in [5.41, 5.74) is 1.69. The lowest BCUT2D eigenvalue weighted by Gasteiger charge is -2.07. The van der Waals surface area contributed by atoms with Gasteiger partial charge in [-0.05, 0) is 42.8 Å². The van der Waals surface area contributed by atoms with E-state index < -0.39 is 0 Å². The fourth-order valence-corrected chi connectivity index (χ4v) is 1.70. The molecule has 90 valence electrons. The molecule has 0 bridgehead atoms. The Kier molecular flexibility index (Phi) is 3.88. The first-order valence-electron chi connectivity index (χ1n) is 5.80. The van der Waals surface area contributed by atoms with Crippen LogP contribution in [0.3, 0.4) is 0 Å². The van der Waals surface area contributed by atoms with Crippen molar-refractivity contribution < 1.29 is 4.39 Å². The highest BCUT2D eigenvalue weighted by molar-refractivity contribution is 5.35. The van der Waals surface area contributed by atoms with Crippen LogP contribution in [0.4, 0.5) is 4.39 Å². The van der Waals surface area contributed by atoms with Crippen LogP contribution in [0.2, 0.25) is 0 Å². The van der Waals surface area contributed by atoms with E-state index in [-0.39, 0.29) is 5.82 Å². The smallest absolute Gasteiger partial charge is 0.125 e. The minimum Gasteiger partial charge on any atom is -0.313 e. The maximum Gasteiger partial charge on any atom is 0.125 e. The number of aromatic nitrogens is 2. The third-order valence-electron chi connectivity index (χ3n) is 2.47. The summed E-state index contributed by atoms with van der Waals surface area (Å²) in [5, 5.41) is 7.35. The normalized spacial score (nSPS) is 10.7. The Bertz CT molecular complexity index is 466. The SMILES string of the molecule is CCCNCc1cc(F)cc(-n2cccn2)c1. The molecule has 0 saturated carbocycles. The fourth-order valence-electron chi connectivity index (χ4n) is 1.70. The first-order chi connectivity index (χ1) is 8.29. The Hall–Kier alpha value is -1.68. The van der Waals surface area contributed by atoms with Crippen LogP contribution in [0.1, 0.15) is 18.9 Å². The molecule has 3 nitrogen and oxygen atoms in total. The molecule has 0 radical (unpaired) electrons. The Morgan fingerprint density at radius 1 is 1.35 bits per heavy atom. The fraction of sp³-hybridized carbons (Fsp3) is 0.308. The molecule has 0 atom stereocenters. The molecule has 0 amide bonds. The molecule has 0 unspecified atom stereocenters. The zero-order valence-corrected chi connectivity index (χ0v) is 9.86. The largest absolute Gasteiger partial charge is 0.313 e. The van der Waals surface area contributed by atoms with Gasteiger partial charge in [-0.15, -0.1) is 0 Å². The molecule has 1 aromatic carbocycles. The van der Waals surface area contributed by atoms with Gasteiger partial charge in [-0.2, -0.15) is 5.10 Å². The maximum absolute atomic E-state index is 13.5. The third kappa shape index (κ3) is 3.14. The van der Waals surface area contributed by atoms with E-state index in [1.54, 1.807) is 23.1 Å². The van der Waals surface area contributed by atoms with Crippen LogP contribution in [-0.4, -0.2) is 16.3 Å². The van der Waals surface area contributed by atoms with Crippen LogP contribution in [0, 0.1) is 5.82 Å². The van der Waals surface area contributed by atoms with Crippen molar-refractivity contribution in [3.05, 3.63) is 48.0 Å². The zero-order valence-electron chi connectivity index (χ0n) is 9.86. The summed E-state index contributed by atoms with van der Waals surface area (Å²) in [6, 6.07) is 6.80. The molecule has 1 heterocycles. The molecule has 0 aliphatic rings. The topological polar surface area (TPSA) is 29.9 Å². The van der Waals surface area contributed by atoms with Gasteiger partial charge in [0, 0.05) is 18.9 Å². The van der Waals surface area contributed by atoms with E-state index in [0.29, 0.717) is 6.54 Å². The second-order valence-electron chi connectivity index (χ2n) is 3.95. The lowest BCUT2D eigenvalue weighted by Crippen LogP contribution is -2.14. The molecule has 1 N–H and O–H groups in total. The Labute approximate surface area is 100 Å². The van der Waals surface area contributed by atoms with Crippen molar-refractivity contribution in [2.45, 2.75) is 19.9 Å². The summed E-state index contributed by atoms with van der Waals surface area (Å²) in [6.07, 6.45) is 4.55. The minimum absolute atomic E-state index is 0.230. The van der Waals surface area contributed by atoms with Crippen molar-refractivity contribution in [2.75, 3.05) is 6.54 Å². The van der Waals surface area contributed by atoms with Gasteiger partial charge in [0.05, 0.1) is 5.69 Å². The molecule has 2 rings (SSSR count). The Morgan fingerprint density at radius 2 is 2.24 bits per heavy atom. The summed E-state index contributed by atoms with van der Waals surface area (Å²) in [7, 11) is 0. The summed E-state index contributed by atoms with van der Waals surface area (Å²) < 4.78 is 15.1. The van der Waals surface area contributed by atoms with E-state index in [4.69, 9.17) is 0 Å². The molecular formula is C13H16FN3. The van der Waals surface area contributed by atoms with Crippen molar-refractivity contribution in [1.29, 1.82) is 0 Å². The molecule has 0 spiro atoms. The summed E-state index contributed by atoms with van der Waals surface area (Å²) >= 11 is 0. The van der Waals surface area contributed by atoms with Gasteiger partial charge in [0.15, 0.2) is 0 Å². The van der Waals surface area contributed by atoms with Gasteiger partial charge in [0.25, 0.3) is 0 Å². The number of hydrogen-bond donors (Lipinski definition) is 1. The Balaban J connectivity index is 2.18. The molecule has 17 heavy (non-hydrogen) atoms. The predicted octanol–water partition coefficient (Wildman–Crippen LogP) is 2.51. The highest BCUT2D eigenvalue weighted by Crippen LogP contribution is 2.12. The van der Waals surface area contributed by atoms with Crippen molar-refractivity contribution >= 4 is 0 Å². The maximum atomic E-state index is 13.5. The number of rotatable bonds is 5. The van der Waals surface area contributed by atoms with Gasteiger partial charge in [-0.1, -0.05) is 6.92 Å². The van der Waals surface area contributed by atoms with Crippen LogP contribution >= 0.6 is 0 Å². The molecule has 0 aliphatic heterocycles. The second kappa shape index (κ2) is 5.59.